The summed E-state index contributed by atoms with van der Waals surface area (Å²) >= 11 is 0. The molecule has 0 amide bonds. The molecule has 2 aliphatic rings. The van der Waals surface area contributed by atoms with Crippen LogP contribution in [0.5, 0.6) is 0 Å². The Bertz CT molecular complexity index is 435. The van der Waals surface area contributed by atoms with E-state index in [2.05, 4.69) is 48.5 Å². The Labute approximate surface area is 161 Å². The molecule has 154 valence electrons. The first-order valence-electron chi connectivity index (χ1n) is 10.8. The van der Waals surface area contributed by atoms with Crippen molar-refractivity contribution in [3.8, 4) is 0 Å². The van der Waals surface area contributed by atoms with Gasteiger partial charge in [0, 0.05) is 12.1 Å². The van der Waals surface area contributed by atoms with Crippen LogP contribution in [0.25, 0.3) is 0 Å². The fourth-order valence-electron chi connectivity index (χ4n) is 6.62. The Morgan fingerprint density at radius 3 is 1.50 bits per heavy atom. The highest BCUT2D eigenvalue weighted by Gasteiger charge is 2.53. The molecule has 0 saturated heterocycles. The van der Waals surface area contributed by atoms with E-state index in [-0.39, 0.29) is 41.2 Å². The molecule has 10 atom stereocenters. The van der Waals surface area contributed by atoms with Crippen molar-refractivity contribution < 1.29 is 10.2 Å². The third-order valence-electron chi connectivity index (χ3n) is 8.23. The molecule has 4 nitrogen and oxygen atoms in total. The van der Waals surface area contributed by atoms with Crippen LogP contribution < -0.4 is 11.5 Å². The van der Waals surface area contributed by atoms with Crippen molar-refractivity contribution >= 4 is 0 Å². The third-order valence-corrected chi connectivity index (χ3v) is 8.23. The molecule has 6 N–H and O–H groups in total. The summed E-state index contributed by atoms with van der Waals surface area (Å²) in [5.41, 5.74) is 13.0. The average molecular weight is 369 g/mol. The quantitative estimate of drug-likeness (QED) is 0.614. The van der Waals surface area contributed by atoms with E-state index in [9.17, 15) is 10.2 Å². The first kappa shape index (κ1) is 22.1. The van der Waals surface area contributed by atoms with Crippen molar-refractivity contribution in [2.75, 3.05) is 0 Å². The summed E-state index contributed by atoms with van der Waals surface area (Å²) in [5, 5.41) is 21.0. The Hall–Kier alpha value is -0.160. The van der Waals surface area contributed by atoms with Crippen LogP contribution in [0.2, 0.25) is 0 Å². The maximum Gasteiger partial charge on any atom is 0.0719 e. The van der Waals surface area contributed by atoms with E-state index < -0.39 is 12.2 Å². The molecule has 0 spiro atoms. The summed E-state index contributed by atoms with van der Waals surface area (Å²) in [5.74, 6) is 2.57. The fourth-order valence-corrected chi connectivity index (χ4v) is 6.62. The number of hydrogen-bond donors (Lipinski definition) is 4. The van der Waals surface area contributed by atoms with Crippen LogP contribution in [-0.2, 0) is 0 Å². The summed E-state index contributed by atoms with van der Waals surface area (Å²) in [6, 6.07) is -0.323. The van der Waals surface area contributed by atoms with Gasteiger partial charge in [0.25, 0.3) is 0 Å². The van der Waals surface area contributed by atoms with Crippen LogP contribution in [0.1, 0.15) is 67.7 Å². The van der Waals surface area contributed by atoms with Crippen LogP contribution in [0.3, 0.4) is 0 Å². The van der Waals surface area contributed by atoms with E-state index in [1.807, 2.05) is 0 Å². The van der Waals surface area contributed by atoms with Crippen molar-refractivity contribution in [1.29, 1.82) is 0 Å². The maximum absolute atomic E-state index is 10.5. The summed E-state index contributed by atoms with van der Waals surface area (Å²) in [7, 11) is 0. The smallest absolute Gasteiger partial charge is 0.0719 e. The third kappa shape index (κ3) is 3.85. The van der Waals surface area contributed by atoms with Crippen molar-refractivity contribution in [3.63, 3.8) is 0 Å². The van der Waals surface area contributed by atoms with Gasteiger partial charge in [-0.05, 0) is 66.1 Å². The van der Waals surface area contributed by atoms with Crippen molar-refractivity contribution in [2.45, 2.75) is 92.0 Å². The van der Waals surface area contributed by atoms with Gasteiger partial charge in [-0.15, -0.1) is 0 Å². The minimum atomic E-state index is -0.406. The molecule has 0 radical (unpaired) electrons. The van der Waals surface area contributed by atoms with Gasteiger partial charge in [0.15, 0.2) is 0 Å². The molecule has 2 aliphatic carbocycles. The van der Waals surface area contributed by atoms with Crippen molar-refractivity contribution in [2.24, 2.45) is 58.3 Å². The molecule has 26 heavy (non-hydrogen) atoms. The van der Waals surface area contributed by atoms with E-state index in [0.717, 1.165) is 19.3 Å². The second kappa shape index (κ2) is 8.06. The lowest BCUT2D eigenvalue weighted by atomic mass is 9.49. The molecule has 2 saturated carbocycles. The Morgan fingerprint density at radius 2 is 1.19 bits per heavy atom. The molecule has 0 aromatic rings. The van der Waals surface area contributed by atoms with Gasteiger partial charge in [-0.1, -0.05) is 48.5 Å². The van der Waals surface area contributed by atoms with Crippen molar-refractivity contribution in [3.05, 3.63) is 0 Å². The minimum absolute atomic E-state index is 0.116. The summed E-state index contributed by atoms with van der Waals surface area (Å²) in [6.07, 6.45) is 2.37. The minimum Gasteiger partial charge on any atom is -0.391 e. The SMILES string of the molecule is CC(C)CC(C)(C1CC(C)C(O)C(N)C1C)C1CC(C)C(O)C(N)C1C. The Kier molecular flexibility index (Phi) is 6.86. The first-order chi connectivity index (χ1) is 11.9. The van der Waals surface area contributed by atoms with Crippen molar-refractivity contribution in [1.82, 2.24) is 0 Å². The van der Waals surface area contributed by atoms with E-state index in [1.165, 1.54) is 0 Å². The largest absolute Gasteiger partial charge is 0.391 e. The van der Waals surface area contributed by atoms with Gasteiger partial charge in [0.2, 0.25) is 0 Å². The first-order valence-corrected chi connectivity index (χ1v) is 10.8. The van der Waals surface area contributed by atoms with Gasteiger partial charge < -0.3 is 21.7 Å². The van der Waals surface area contributed by atoms with Gasteiger partial charge in [-0.2, -0.15) is 0 Å². The molecular formula is C22H44N2O2. The molecular weight excluding hydrogens is 324 g/mol. The number of nitrogens with two attached hydrogens (primary N) is 2. The zero-order valence-electron chi connectivity index (χ0n) is 18.0. The standard InChI is InChI=1S/C22H44N2O2/c1-11(2)10-22(7,16-8-12(3)20(25)18(23)14(16)5)17-9-13(4)21(26)19(24)15(17)6/h11-21,25-26H,8-10,23-24H2,1-7H3. The Balaban J connectivity index is 2.41. The lowest BCUT2D eigenvalue weighted by Gasteiger charge is -2.57. The van der Waals surface area contributed by atoms with Crippen LogP contribution in [0.4, 0.5) is 0 Å². The van der Waals surface area contributed by atoms with E-state index in [0.29, 0.717) is 17.8 Å². The van der Waals surface area contributed by atoms with Gasteiger partial charge >= 0.3 is 0 Å². The average Bonchev–Trinajstić information content (AvgIpc) is 2.56. The molecule has 0 heterocycles. The monoisotopic (exact) mass is 368 g/mol. The van der Waals surface area contributed by atoms with Crippen LogP contribution in [-0.4, -0.2) is 34.5 Å². The fraction of sp³-hybridized carbons (Fsp3) is 1.00. The lowest BCUT2D eigenvalue weighted by molar-refractivity contribution is -0.105. The topological polar surface area (TPSA) is 92.5 Å². The van der Waals surface area contributed by atoms with E-state index >= 15 is 0 Å². The molecule has 4 heteroatoms. The molecule has 2 fully saturated rings. The number of aliphatic hydroxyl groups is 2. The molecule has 10 unspecified atom stereocenters. The summed E-state index contributed by atoms with van der Waals surface area (Å²) in [4.78, 5) is 0. The Morgan fingerprint density at radius 1 is 0.846 bits per heavy atom. The van der Waals surface area contributed by atoms with Gasteiger partial charge in [-0.25, -0.2) is 0 Å². The molecule has 0 aromatic carbocycles. The van der Waals surface area contributed by atoms with Gasteiger partial charge in [0.05, 0.1) is 12.2 Å². The maximum atomic E-state index is 10.5. The van der Waals surface area contributed by atoms with Crippen LogP contribution in [0, 0.1) is 46.8 Å². The highest BCUT2D eigenvalue weighted by atomic mass is 16.3. The molecule has 0 aromatic heterocycles. The second-order valence-electron chi connectivity index (χ2n) is 10.6. The van der Waals surface area contributed by atoms with Gasteiger partial charge in [-0.3, -0.25) is 0 Å². The van der Waals surface area contributed by atoms with Crippen LogP contribution >= 0.6 is 0 Å². The number of rotatable bonds is 4. The summed E-state index contributed by atoms with van der Waals surface area (Å²) in [6.45, 7) is 15.8. The zero-order valence-corrected chi connectivity index (χ0v) is 18.0. The highest BCUT2D eigenvalue weighted by Crippen LogP contribution is 2.56. The highest BCUT2D eigenvalue weighted by molar-refractivity contribution is 5.04. The molecule has 0 aliphatic heterocycles. The zero-order chi connectivity index (χ0) is 20.0. The predicted molar refractivity (Wildman–Crippen MR) is 108 cm³/mol. The predicted octanol–water partition coefficient (Wildman–Crippen LogP) is 3.00. The number of aliphatic hydroxyl groups excluding tert-OH is 2. The normalized spacial score (nSPS) is 49.8. The molecule has 2 rings (SSSR count). The summed E-state index contributed by atoms with van der Waals surface area (Å²) < 4.78 is 0. The molecule has 0 bridgehead atoms. The van der Waals surface area contributed by atoms with E-state index in [4.69, 9.17) is 11.5 Å². The van der Waals surface area contributed by atoms with Gasteiger partial charge in [0.1, 0.15) is 0 Å². The number of hydrogen-bond acceptors (Lipinski definition) is 4. The lowest BCUT2D eigenvalue weighted by Crippen LogP contribution is -2.60. The van der Waals surface area contributed by atoms with Crippen LogP contribution in [0.15, 0.2) is 0 Å². The van der Waals surface area contributed by atoms with E-state index in [1.54, 1.807) is 0 Å². The second-order valence-corrected chi connectivity index (χ2v) is 10.6.